The lowest BCUT2D eigenvalue weighted by Crippen LogP contribution is -2.30. The van der Waals surface area contributed by atoms with E-state index in [9.17, 15) is 43.2 Å². The molecule has 0 spiro atoms. The predicted octanol–water partition coefficient (Wildman–Crippen LogP) is 24.0. The molecular weight excluding hydrogens is 1310 g/mol. The number of carbonyl (C=O) groups is 4. The summed E-state index contributed by atoms with van der Waals surface area (Å²) in [5.41, 5.74) is 0. The van der Waals surface area contributed by atoms with Crippen LogP contribution in [0.5, 0.6) is 0 Å². The fraction of sp³-hybridized carbons (Fsp3) is 0.951. The first kappa shape index (κ1) is 98.1. The number of rotatable bonds is 78. The minimum atomic E-state index is -4.96. The maximum Gasteiger partial charge on any atom is 0.472 e. The van der Waals surface area contributed by atoms with E-state index in [1.807, 2.05) is 0 Å². The van der Waals surface area contributed by atoms with Crippen LogP contribution in [0.15, 0.2) is 0 Å². The summed E-state index contributed by atoms with van der Waals surface area (Å²) in [6.07, 6.45) is 57.0. The number of aliphatic hydroxyl groups is 1. The predicted molar refractivity (Wildman–Crippen MR) is 409 cm³/mol. The van der Waals surface area contributed by atoms with E-state index in [1.165, 1.54) is 212 Å². The van der Waals surface area contributed by atoms with Crippen LogP contribution in [0.4, 0.5) is 0 Å². The molecule has 0 heterocycles. The highest BCUT2D eigenvalue weighted by molar-refractivity contribution is 7.47. The quantitative estimate of drug-likeness (QED) is 0.0222. The third-order valence-electron chi connectivity index (χ3n) is 19.2. The zero-order valence-electron chi connectivity index (χ0n) is 65.8. The second-order valence-electron chi connectivity index (χ2n) is 30.8. The van der Waals surface area contributed by atoms with Gasteiger partial charge in [0.2, 0.25) is 0 Å². The van der Waals surface area contributed by atoms with E-state index >= 15 is 0 Å². The van der Waals surface area contributed by atoms with Gasteiger partial charge in [0.25, 0.3) is 0 Å². The van der Waals surface area contributed by atoms with Crippen molar-refractivity contribution >= 4 is 39.5 Å². The Kier molecular flexibility index (Phi) is 68.7. The topological polar surface area (TPSA) is 237 Å². The van der Waals surface area contributed by atoms with Crippen molar-refractivity contribution < 1.29 is 80.2 Å². The second-order valence-corrected chi connectivity index (χ2v) is 33.7. The molecule has 594 valence electrons. The maximum atomic E-state index is 13.1. The van der Waals surface area contributed by atoms with Crippen molar-refractivity contribution in [2.45, 2.75) is 433 Å². The van der Waals surface area contributed by atoms with Crippen LogP contribution < -0.4 is 0 Å². The summed E-state index contributed by atoms with van der Waals surface area (Å²) in [7, 11) is -9.92. The molecule has 0 aliphatic rings. The number of phosphoric acid groups is 2. The molecule has 0 bridgehead atoms. The van der Waals surface area contributed by atoms with Gasteiger partial charge in [0.05, 0.1) is 26.4 Å². The van der Waals surface area contributed by atoms with Gasteiger partial charge < -0.3 is 33.8 Å². The van der Waals surface area contributed by atoms with Crippen molar-refractivity contribution in [2.24, 2.45) is 23.7 Å². The molecule has 3 unspecified atom stereocenters. The van der Waals surface area contributed by atoms with Crippen LogP contribution in [-0.2, 0) is 65.4 Å². The van der Waals surface area contributed by atoms with Crippen LogP contribution in [0.1, 0.15) is 415 Å². The van der Waals surface area contributed by atoms with Crippen LogP contribution >= 0.6 is 15.6 Å². The molecular formula is C81H158O17P2. The Morgan fingerprint density at radius 3 is 0.710 bits per heavy atom. The number of aliphatic hydroxyl groups excluding tert-OH is 1. The summed E-state index contributed by atoms with van der Waals surface area (Å²) in [5, 5.41) is 10.6. The number of hydrogen-bond acceptors (Lipinski definition) is 15. The SMILES string of the molecule is CCC(C)CCCCCCCCCCCCCCCCC(=O)O[C@H](COC(=O)CCCCCCCCC(C)C)COP(=O)(O)OC[C@H](O)COP(=O)(O)OC[C@@H](COC(=O)CCCCCCCCCCCCCCCCCCC(C)C)OC(=O)CCCCCCCCCCCCCC(C)C. The Morgan fingerprint density at radius 1 is 0.280 bits per heavy atom. The smallest absolute Gasteiger partial charge is 0.462 e. The van der Waals surface area contributed by atoms with Gasteiger partial charge in [-0.2, -0.15) is 0 Å². The summed E-state index contributed by atoms with van der Waals surface area (Å²) in [6.45, 7) is 14.2. The van der Waals surface area contributed by atoms with Gasteiger partial charge in [-0.25, -0.2) is 9.13 Å². The molecule has 0 aliphatic carbocycles. The highest BCUT2D eigenvalue weighted by atomic mass is 31.2. The Bertz CT molecular complexity index is 1960. The normalized spacial score (nSPS) is 14.3. The number of carbonyl (C=O) groups excluding carboxylic acids is 4. The van der Waals surface area contributed by atoms with E-state index in [1.54, 1.807) is 0 Å². The van der Waals surface area contributed by atoms with Gasteiger partial charge in [-0.05, 0) is 49.4 Å². The number of unbranched alkanes of at least 4 members (excludes halogenated alkanes) is 43. The zero-order valence-corrected chi connectivity index (χ0v) is 67.6. The Balaban J connectivity index is 5.20. The van der Waals surface area contributed by atoms with E-state index in [0.29, 0.717) is 31.6 Å². The van der Waals surface area contributed by atoms with Gasteiger partial charge in [0.15, 0.2) is 12.2 Å². The van der Waals surface area contributed by atoms with E-state index in [-0.39, 0.29) is 25.7 Å². The first-order valence-corrected chi connectivity index (χ1v) is 44.7. The zero-order chi connectivity index (χ0) is 73.8. The molecule has 0 radical (unpaired) electrons. The number of esters is 4. The molecule has 0 amide bonds. The fourth-order valence-electron chi connectivity index (χ4n) is 12.4. The van der Waals surface area contributed by atoms with E-state index in [4.69, 9.17) is 37.0 Å². The van der Waals surface area contributed by atoms with Crippen molar-refractivity contribution in [1.29, 1.82) is 0 Å². The molecule has 17 nitrogen and oxygen atoms in total. The van der Waals surface area contributed by atoms with Crippen LogP contribution in [0, 0.1) is 23.7 Å². The standard InChI is InChI=1S/C81H158O17P2/c1-9-74(8)60-52-44-35-29-23-17-14-15-19-25-31-37-47-55-63-80(85)98-77(68-92-79(84)62-54-46-40-39-43-51-59-73(6)7)70-96-100(89,90)94-66-75(82)65-93-99(87,88)95-69-76(97-81(86)64-56-48-38-32-26-20-22-28-34-42-50-58-72(4)5)67-91-78(83)61-53-45-36-30-24-18-13-11-10-12-16-21-27-33-41-49-57-71(2)3/h71-77,82H,9-70H2,1-8H3,(H,87,88)(H,89,90)/t74?,75-,76-,77-/m1/s1. The van der Waals surface area contributed by atoms with Crippen molar-refractivity contribution in [2.75, 3.05) is 39.6 Å². The lowest BCUT2D eigenvalue weighted by atomic mass is 9.99. The minimum absolute atomic E-state index is 0.106. The molecule has 0 saturated carbocycles. The summed E-state index contributed by atoms with van der Waals surface area (Å²) >= 11 is 0. The Labute approximate surface area is 613 Å². The molecule has 100 heavy (non-hydrogen) atoms. The van der Waals surface area contributed by atoms with Crippen molar-refractivity contribution in [3.63, 3.8) is 0 Å². The van der Waals surface area contributed by atoms with Gasteiger partial charge in [-0.15, -0.1) is 0 Å². The van der Waals surface area contributed by atoms with E-state index in [0.717, 1.165) is 114 Å². The van der Waals surface area contributed by atoms with Gasteiger partial charge >= 0.3 is 39.5 Å². The summed E-state index contributed by atoms with van der Waals surface area (Å²) in [6, 6.07) is 0. The van der Waals surface area contributed by atoms with E-state index in [2.05, 4.69) is 55.4 Å². The number of phosphoric ester groups is 2. The average Bonchev–Trinajstić information content (AvgIpc) is 0.921. The second kappa shape index (κ2) is 70.1. The highest BCUT2D eigenvalue weighted by Gasteiger charge is 2.30. The molecule has 0 aromatic rings. The van der Waals surface area contributed by atoms with Gasteiger partial charge in [-0.1, -0.05) is 364 Å². The number of ether oxygens (including phenoxy) is 4. The summed E-state index contributed by atoms with van der Waals surface area (Å²) in [4.78, 5) is 73.0. The molecule has 0 saturated heterocycles. The Morgan fingerprint density at radius 2 is 0.480 bits per heavy atom. The van der Waals surface area contributed by atoms with Gasteiger partial charge in [0.1, 0.15) is 19.3 Å². The summed E-state index contributed by atoms with van der Waals surface area (Å²) in [5.74, 6) is 0.987. The Hall–Kier alpha value is -1.94. The molecule has 19 heteroatoms. The van der Waals surface area contributed by atoms with Crippen LogP contribution in [0.25, 0.3) is 0 Å². The van der Waals surface area contributed by atoms with E-state index < -0.39 is 97.5 Å². The molecule has 0 aliphatic heterocycles. The summed E-state index contributed by atoms with van der Waals surface area (Å²) < 4.78 is 68.7. The monoisotopic (exact) mass is 1470 g/mol. The van der Waals surface area contributed by atoms with Gasteiger partial charge in [-0.3, -0.25) is 37.3 Å². The van der Waals surface area contributed by atoms with Crippen LogP contribution in [0.2, 0.25) is 0 Å². The largest absolute Gasteiger partial charge is 0.472 e. The molecule has 0 aromatic heterocycles. The van der Waals surface area contributed by atoms with Crippen molar-refractivity contribution in [3.8, 4) is 0 Å². The van der Waals surface area contributed by atoms with Crippen molar-refractivity contribution in [3.05, 3.63) is 0 Å². The third-order valence-corrected chi connectivity index (χ3v) is 21.1. The van der Waals surface area contributed by atoms with Crippen LogP contribution in [0.3, 0.4) is 0 Å². The molecule has 0 rings (SSSR count). The molecule has 6 atom stereocenters. The van der Waals surface area contributed by atoms with Crippen molar-refractivity contribution in [1.82, 2.24) is 0 Å². The first-order valence-electron chi connectivity index (χ1n) is 41.7. The lowest BCUT2D eigenvalue weighted by Gasteiger charge is -2.21. The lowest BCUT2D eigenvalue weighted by molar-refractivity contribution is -0.161. The van der Waals surface area contributed by atoms with Gasteiger partial charge in [0, 0.05) is 25.7 Å². The maximum absolute atomic E-state index is 13.1. The average molecular weight is 1470 g/mol. The molecule has 3 N–H and O–H groups in total. The minimum Gasteiger partial charge on any atom is -0.462 e. The fourth-order valence-corrected chi connectivity index (χ4v) is 14.0. The van der Waals surface area contributed by atoms with Crippen LogP contribution in [-0.4, -0.2) is 96.7 Å². The molecule has 0 fully saturated rings. The third kappa shape index (κ3) is 73.0. The highest BCUT2D eigenvalue weighted by Crippen LogP contribution is 2.45. The number of hydrogen-bond donors (Lipinski definition) is 3. The molecule has 0 aromatic carbocycles. The first-order chi connectivity index (χ1) is 48.1.